The van der Waals surface area contributed by atoms with Gasteiger partial charge in [-0.15, -0.1) is 0 Å². The molecule has 1 aromatic rings. The average molecular weight is 272 g/mol. The molecule has 1 aromatic carbocycles. The minimum absolute atomic E-state index is 0.650. The molecule has 0 saturated carbocycles. The minimum Gasteiger partial charge on any atom is -0.298 e. The minimum atomic E-state index is 0.650. The summed E-state index contributed by atoms with van der Waals surface area (Å²) in [6.07, 6.45) is 2.18. The number of allylic oxidation sites excluding steroid dienone is 2. The lowest BCUT2D eigenvalue weighted by molar-refractivity contribution is -0.105. The van der Waals surface area contributed by atoms with Gasteiger partial charge in [0.2, 0.25) is 0 Å². The van der Waals surface area contributed by atoms with Gasteiger partial charge in [-0.05, 0) is 23.3 Å². The second-order valence-electron chi connectivity index (χ2n) is 3.31. The molecule has 14 heavy (non-hydrogen) atoms. The molecule has 0 heterocycles. The highest BCUT2D eigenvalue weighted by Crippen LogP contribution is 2.29. The smallest absolute Gasteiger partial charge is 0.147 e. The number of rotatable bonds is 1. The summed E-state index contributed by atoms with van der Waals surface area (Å²) < 4.78 is 1.04. The van der Waals surface area contributed by atoms with E-state index in [1.54, 1.807) is 0 Å². The van der Waals surface area contributed by atoms with E-state index in [2.05, 4.69) is 15.9 Å². The molecule has 1 aliphatic carbocycles. The monoisotopic (exact) mass is 270 g/mol. The number of hydrogen-bond acceptors (Lipinski definition) is 1. The van der Waals surface area contributed by atoms with E-state index in [9.17, 15) is 4.79 Å². The Bertz CT molecular complexity index is 423. The summed E-state index contributed by atoms with van der Waals surface area (Å²) in [5.41, 5.74) is 3.10. The van der Waals surface area contributed by atoms with E-state index in [0.29, 0.717) is 23.4 Å². The van der Waals surface area contributed by atoms with Crippen molar-refractivity contribution in [1.82, 2.24) is 0 Å². The predicted molar refractivity (Wildman–Crippen MR) is 60.5 cm³/mol. The van der Waals surface area contributed by atoms with Crippen LogP contribution in [0.25, 0.3) is 0 Å². The lowest BCUT2D eigenvalue weighted by atomic mass is 9.92. The summed E-state index contributed by atoms with van der Waals surface area (Å²) >= 11 is 9.40. The standard InChI is InChI=1S/C11H8BrClO/c12-10-2-1-7-5-11(13)9(6-14)3-8(7)4-10/h1-2,4,6H,3,5H2. The first kappa shape index (κ1) is 9.94. The van der Waals surface area contributed by atoms with Gasteiger partial charge in [0, 0.05) is 27.9 Å². The second kappa shape index (κ2) is 3.87. The number of carbonyl (C=O) groups is 1. The molecule has 0 bridgehead atoms. The predicted octanol–water partition coefficient (Wildman–Crippen LogP) is 3.24. The number of aldehydes is 1. The Morgan fingerprint density at radius 3 is 2.79 bits per heavy atom. The number of fused-ring (bicyclic) bond motifs is 1. The Balaban J connectivity index is 2.44. The summed E-state index contributed by atoms with van der Waals surface area (Å²) in [5, 5.41) is 0.676. The van der Waals surface area contributed by atoms with Crippen LogP contribution in [-0.4, -0.2) is 6.29 Å². The Morgan fingerprint density at radius 2 is 2.07 bits per heavy atom. The zero-order chi connectivity index (χ0) is 10.1. The van der Waals surface area contributed by atoms with E-state index < -0.39 is 0 Å². The molecule has 0 spiro atoms. The molecule has 0 saturated heterocycles. The van der Waals surface area contributed by atoms with Gasteiger partial charge in [-0.3, -0.25) is 4.79 Å². The molecule has 0 atom stereocenters. The summed E-state index contributed by atoms with van der Waals surface area (Å²) in [7, 11) is 0. The zero-order valence-electron chi connectivity index (χ0n) is 7.39. The second-order valence-corrected chi connectivity index (χ2v) is 4.69. The van der Waals surface area contributed by atoms with Gasteiger partial charge >= 0.3 is 0 Å². The van der Waals surface area contributed by atoms with Crippen molar-refractivity contribution in [1.29, 1.82) is 0 Å². The van der Waals surface area contributed by atoms with Gasteiger partial charge in [-0.25, -0.2) is 0 Å². The van der Waals surface area contributed by atoms with Crippen molar-refractivity contribution in [3.63, 3.8) is 0 Å². The van der Waals surface area contributed by atoms with Crippen LogP contribution in [0.15, 0.2) is 33.3 Å². The molecular formula is C11H8BrClO. The maximum absolute atomic E-state index is 10.7. The molecule has 2 rings (SSSR count). The third-order valence-corrected chi connectivity index (χ3v) is 3.26. The van der Waals surface area contributed by atoms with Crippen molar-refractivity contribution in [3.05, 3.63) is 44.4 Å². The molecule has 0 radical (unpaired) electrons. The van der Waals surface area contributed by atoms with Crippen LogP contribution in [-0.2, 0) is 17.6 Å². The fourth-order valence-electron chi connectivity index (χ4n) is 1.62. The van der Waals surface area contributed by atoms with Crippen molar-refractivity contribution in [3.8, 4) is 0 Å². The Labute approximate surface area is 95.9 Å². The molecule has 3 heteroatoms. The molecule has 1 aliphatic rings. The van der Waals surface area contributed by atoms with E-state index in [1.165, 1.54) is 11.1 Å². The maximum atomic E-state index is 10.7. The normalized spacial score (nSPS) is 15.3. The number of hydrogen-bond donors (Lipinski definition) is 0. The molecule has 0 unspecified atom stereocenters. The average Bonchev–Trinajstić information content (AvgIpc) is 2.17. The van der Waals surface area contributed by atoms with E-state index in [-0.39, 0.29) is 0 Å². The molecule has 0 N–H and O–H groups in total. The largest absolute Gasteiger partial charge is 0.298 e. The topological polar surface area (TPSA) is 17.1 Å². The third-order valence-electron chi connectivity index (χ3n) is 2.39. The zero-order valence-corrected chi connectivity index (χ0v) is 9.73. The molecule has 1 nitrogen and oxygen atoms in total. The fraction of sp³-hybridized carbons (Fsp3) is 0.182. The molecule has 0 fully saturated rings. The number of halogens is 2. The summed E-state index contributed by atoms with van der Waals surface area (Å²) in [6, 6.07) is 6.08. The number of carbonyl (C=O) groups excluding carboxylic acids is 1. The van der Waals surface area contributed by atoms with Crippen molar-refractivity contribution in [2.75, 3.05) is 0 Å². The van der Waals surface area contributed by atoms with Crippen molar-refractivity contribution in [2.24, 2.45) is 0 Å². The van der Waals surface area contributed by atoms with Crippen molar-refractivity contribution in [2.45, 2.75) is 12.8 Å². The Hall–Kier alpha value is -0.600. The van der Waals surface area contributed by atoms with Gasteiger partial charge in [0.15, 0.2) is 0 Å². The van der Waals surface area contributed by atoms with Gasteiger partial charge in [0.05, 0.1) is 0 Å². The Morgan fingerprint density at radius 1 is 1.29 bits per heavy atom. The Kier molecular flexibility index (Phi) is 2.75. The van der Waals surface area contributed by atoms with Crippen molar-refractivity contribution < 1.29 is 4.79 Å². The van der Waals surface area contributed by atoms with E-state index in [4.69, 9.17) is 11.6 Å². The van der Waals surface area contributed by atoms with E-state index in [0.717, 1.165) is 10.8 Å². The highest BCUT2D eigenvalue weighted by Gasteiger charge is 2.16. The van der Waals surface area contributed by atoms with Crippen LogP contribution < -0.4 is 0 Å². The lowest BCUT2D eigenvalue weighted by Gasteiger charge is -2.16. The summed E-state index contributed by atoms with van der Waals surface area (Å²) in [4.78, 5) is 10.7. The fourth-order valence-corrected chi connectivity index (χ4v) is 2.28. The first-order valence-corrected chi connectivity index (χ1v) is 5.48. The lowest BCUT2D eigenvalue weighted by Crippen LogP contribution is -2.07. The first-order valence-electron chi connectivity index (χ1n) is 4.30. The van der Waals surface area contributed by atoms with Crippen LogP contribution >= 0.6 is 27.5 Å². The summed E-state index contributed by atoms with van der Waals surface area (Å²) in [5.74, 6) is 0. The SMILES string of the molecule is O=CC1=C(Cl)Cc2ccc(Br)cc2C1. The molecule has 0 aromatic heterocycles. The first-order chi connectivity index (χ1) is 6.70. The van der Waals surface area contributed by atoms with Crippen LogP contribution in [0.5, 0.6) is 0 Å². The van der Waals surface area contributed by atoms with Gasteiger partial charge in [0.25, 0.3) is 0 Å². The van der Waals surface area contributed by atoms with Gasteiger partial charge < -0.3 is 0 Å². The van der Waals surface area contributed by atoms with Crippen molar-refractivity contribution >= 4 is 33.8 Å². The number of benzene rings is 1. The third kappa shape index (κ3) is 1.77. The molecule has 0 aliphatic heterocycles. The molecule has 72 valence electrons. The van der Waals surface area contributed by atoms with Gasteiger partial charge in [-0.2, -0.15) is 0 Å². The van der Waals surface area contributed by atoms with Crippen LogP contribution in [0.2, 0.25) is 0 Å². The van der Waals surface area contributed by atoms with E-state index in [1.807, 2.05) is 18.2 Å². The highest BCUT2D eigenvalue weighted by atomic mass is 79.9. The van der Waals surface area contributed by atoms with Crippen LogP contribution in [0.4, 0.5) is 0 Å². The quantitative estimate of drug-likeness (QED) is 0.717. The van der Waals surface area contributed by atoms with Gasteiger partial charge in [-0.1, -0.05) is 33.6 Å². The van der Waals surface area contributed by atoms with Gasteiger partial charge in [0.1, 0.15) is 6.29 Å². The molecule has 0 amide bonds. The van der Waals surface area contributed by atoms with Crippen LogP contribution in [0.1, 0.15) is 11.1 Å². The molecular weight excluding hydrogens is 263 g/mol. The summed E-state index contributed by atoms with van der Waals surface area (Å²) in [6.45, 7) is 0. The maximum Gasteiger partial charge on any atom is 0.147 e. The van der Waals surface area contributed by atoms with Crippen LogP contribution in [0, 0.1) is 0 Å². The highest BCUT2D eigenvalue weighted by molar-refractivity contribution is 9.10. The van der Waals surface area contributed by atoms with E-state index >= 15 is 0 Å². The van der Waals surface area contributed by atoms with Crippen LogP contribution in [0.3, 0.4) is 0 Å².